The number of sulfonamides is 1. The highest BCUT2D eigenvalue weighted by Crippen LogP contribution is 2.27. The molecule has 8 heteroatoms. The SMILES string of the molecule is Cc1ccc(S(=O)(=O)Nc2ccc(Cl)c(Cl)c2)cc1C(=O)NC1CCCCC1. The fourth-order valence-electron chi connectivity index (χ4n) is 3.30. The van der Waals surface area contributed by atoms with E-state index in [4.69, 9.17) is 23.2 Å². The van der Waals surface area contributed by atoms with Crippen molar-refractivity contribution in [3.05, 3.63) is 57.6 Å². The van der Waals surface area contributed by atoms with E-state index < -0.39 is 10.0 Å². The van der Waals surface area contributed by atoms with Crippen molar-refractivity contribution in [3.63, 3.8) is 0 Å². The molecule has 2 aromatic rings. The maximum Gasteiger partial charge on any atom is 0.261 e. The Labute approximate surface area is 175 Å². The van der Waals surface area contributed by atoms with Gasteiger partial charge in [-0.3, -0.25) is 9.52 Å². The third-order valence-electron chi connectivity index (χ3n) is 4.88. The normalized spacial score (nSPS) is 15.2. The first-order chi connectivity index (χ1) is 13.3. The minimum absolute atomic E-state index is 0.0120. The second kappa shape index (κ2) is 8.72. The lowest BCUT2D eigenvalue weighted by Gasteiger charge is -2.23. The molecule has 0 spiro atoms. The van der Waals surface area contributed by atoms with E-state index in [0.29, 0.717) is 16.3 Å². The average molecular weight is 441 g/mol. The maximum atomic E-state index is 12.8. The van der Waals surface area contributed by atoms with Gasteiger partial charge in [0.25, 0.3) is 15.9 Å². The van der Waals surface area contributed by atoms with Crippen LogP contribution in [0.2, 0.25) is 10.0 Å². The second-order valence-electron chi connectivity index (χ2n) is 7.02. The third-order valence-corrected chi connectivity index (χ3v) is 6.99. The fraction of sp³-hybridized carbons (Fsp3) is 0.350. The summed E-state index contributed by atoms with van der Waals surface area (Å²) in [5.41, 5.74) is 1.38. The number of nitrogens with one attached hydrogen (secondary N) is 2. The number of hydrogen-bond acceptors (Lipinski definition) is 3. The van der Waals surface area contributed by atoms with Gasteiger partial charge in [-0.25, -0.2) is 8.42 Å². The Morgan fingerprint density at radius 2 is 1.71 bits per heavy atom. The van der Waals surface area contributed by atoms with Crippen LogP contribution in [-0.2, 0) is 10.0 Å². The largest absolute Gasteiger partial charge is 0.349 e. The van der Waals surface area contributed by atoms with Crippen LogP contribution in [0.3, 0.4) is 0 Å². The van der Waals surface area contributed by atoms with E-state index >= 15 is 0 Å². The van der Waals surface area contributed by atoms with Crippen LogP contribution in [-0.4, -0.2) is 20.4 Å². The van der Waals surface area contributed by atoms with Crippen molar-refractivity contribution in [2.24, 2.45) is 0 Å². The number of carbonyl (C=O) groups excluding carboxylic acids is 1. The molecule has 1 amide bonds. The summed E-state index contributed by atoms with van der Waals surface area (Å²) >= 11 is 11.8. The van der Waals surface area contributed by atoms with Gasteiger partial charge in [-0.05, 0) is 55.7 Å². The first-order valence-corrected chi connectivity index (χ1v) is 11.4. The van der Waals surface area contributed by atoms with Crippen molar-refractivity contribution in [3.8, 4) is 0 Å². The summed E-state index contributed by atoms with van der Waals surface area (Å²) in [6, 6.07) is 9.15. The Morgan fingerprint density at radius 3 is 2.39 bits per heavy atom. The molecule has 0 unspecified atom stereocenters. The first kappa shape index (κ1) is 21.0. The van der Waals surface area contributed by atoms with Crippen molar-refractivity contribution < 1.29 is 13.2 Å². The number of rotatable bonds is 5. The van der Waals surface area contributed by atoms with Crippen molar-refractivity contribution in [1.82, 2.24) is 5.32 Å². The Morgan fingerprint density at radius 1 is 1.00 bits per heavy atom. The molecular formula is C20H22Cl2N2O3S. The maximum absolute atomic E-state index is 12.8. The highest BCUT2D eigenvalue weighted by Gasteiger charge is 2.21. The molecule has 0 bridgehead atoms. The highest BCUT2D eigenvalue weighted by molar-refractivity contribution is 7.92. The zero-order chi connectivity index (χ0) is 20.3. The average Bonchev–Trinajstić information content (AvgIpc) is 2.65. The number of halogens is 2. The van der Waals surface area contributed by atoms with E-state index in [1.807, 2.05) is 0 Å². The summed E-state index contributed by atoms with van der Waals surface area (Å²) < 4.78 is 28.0. The van der Waals surface area contributed by atoms with Crippen LogP contribution in [0, 0.1) is 6.92 Å². The third kappa shape index (κ3) is 4.99. The first-order valence-electron chi connectivity index (χ1n) is 9.15. The summed E-state index contributed by atoms with van der Waals surface area (Å²) in [5.74, 6) is -0.240. The van der Waals surface area contributed by atoms with E-state index in [9.17, 15) is 13.2 Å². The van der Waals surface area contributed by atoms with Gasteiger partial charge in [-0.1, -0.05) is 48.5 Å². The van der Waals surface area contributed by atoms with E-state index in [2.05, 4.69) is 10.0 Å². The van der Waals surface area contributed by atoms with Gasteiger partial charge in [-0.15, -0.1) is 0 Å². The monoisotopic (exact) mass is 440 g/mol. The number of carbonyl (C=O) groups is 1. The summed E-state index contributed by atoms with van der Waals surface area (Å²) in [6.45, 7) is 1.79. The molecule has 0 aliphatic heterocycles. The van der Waals surface area contributed by atoms with Gasteiger partial charge in [0.1, 0.15) is 0 Å². The standard InChI is InChI=1S/C20H22Cl2N2O3S/c1-13-7-9-16(12-17(13)20(25)23-14-5-3-2-4-6-14)28(26,27)24-15-8-10-18(21)19(22)11-15/h7-12,14,24H,2-6H2,1H3,(H,23,25). The van der Waals surface area contributed by atoms with E-state index in [0.717, 1.165) is 31.2 Å². The summed E-state index contributed by atoms with van der Waals surface area (Å²) in [5, 5.41) is 3.62. The summed E-state index contributed by atoms with van der Waals surface area (Å²) in [7, 11) is -3.88. The van der Waals surface area contributed by atoms with Gasteiger partial charge in [0.15, 0.2) is 0 Å². The Hall–Kier alpha value is -1.76. The minimum Gasteiger partial charge on any atom is -0.349 e. The van der Waals surface area contributed by atoms with Crippen molar-refractivity contribution in [2.75, 3.05) is 4.72 Å². The molecule has 0 aromatic heterocycles. The van der Waals surface area contributed by atoms with Gasteiger partial charge in [0, 0.05) is 11.6 Å². The van der Waals surface area contributed by atoms with Gasteiger partial charge >= 0.3 is 0 Å². The molecule has 150 valence electrons. The Bertz CT molecular complexity index is 987. The van der Waals surface area contributed by atoms with Crippen molar-refractivity contribution in [2.45, 2.75) is 50.0 Å². The van der Waals surface area contributed by atoms with E-state index in [1.54, 1.807) is 13.0 Å². The molecule has 1 aliphatic carbocycles. The van der Waals surface area contributed by atoms with Gasteiger partial charge in [0.2, 0.25) is 0 Å². The second-order valence-corrected chi connectivity index (χ2v) is 9.52. The molecule has 28 heavy (non-hydrogen) atoms. The Kier molecular flexibility index (Phi) is 6.53. The molecular weight excluding hydrogens is 419 g/mol. The van der Waals surface area contributed by atoms with Crippen LogP contribution in [0.1, 0.15) is 48.0 Å². The van der Waals surface area contributed by atoms with Crippen LogP contribution in [0.5, 0.6) is 0 Å². The smallest absolute Gasteiger partial charge is 0.261 e. The van der Waals surface area contributed by atoms with Crippen molar-refractivity contribution >= 4 is 44.8 Å². The molecule has 0 heterocycles. The predicted octanol–water partition coefficient (Wildman–Crippen LogP) is 5.17. The number of benzene rings is 2. The number of hydrogen-bond donors (Lipinski definition) is 2. The van der Waals surface area contributed by atoms with Crippen molar-refractivity contribution in [1.29, 1.82) is 0 Å². The van der Waals surface area contributed by atoms with E-state index in [1.165, 1.54) is 36.8 Å². The summed E-state index contributed by atoms with van der Waals surface area (Å²) in [4.78, 5) is 12.7. The minimum atomic E-state index is -3.88. The molecule has 3 rings (SSSR count). The fourth-order valence-corrected chi connectivity index (χ4v) is 4.67. The molecule has 1 saturated carbocycles. The van der Waals surface area contributed by atoms with Crippen LogP contribution in [0.15, 0.2) is 41.3 Å². The number of aryl methyl sites for hydroxylation is 1. The van der Waals surface area contributed by atoms with Crippen LogP contribution in [0.4, 0.5) is 5.69 Å². The van der Waals surface area contributed by atoms with Crippen LogP contribution in [0.25, 0.3) is 0 Å². The lowest BCUT2D eigenvalue weighted by atomic mass is 9.95. The molecule has 1 fully saturated rings. The predicted molar refractivity (Wildman–Crippen MR) is 113 cm³/mol. The molecule has 1 aliphatic rings. The molecule has 2 N–H and O–H groups in total. The number of amides is 1. The van der Waals surface area contributed by atoms with Gasteiger partial charge < -0.3 is 5.32 Å². The van der Waals surface area contributed by atoms with E-state index in [-0.39, 0.29) is 21.9 Å². The topological polar surface area (TPSA) is 75.3 Å². The highest BCUT2D eigenvalue weighted by atomic mass is 35.5. The van der Waals surface area contributed by atoms with Gasteiger partial charge in [-0.2, -0.15) is 0 Å². The van der Waals surface area contributed by atoms with Gasteiger partial charge in [0.05, 0.1) is 20.6 Å². The van der Waals surface area contributed by atoms with Crippen LogP contribution >= 0.6 is 23.2 Å². The molecule has 5 nitrogen and oxygen atoms in total. The quantitative estimate of drug-likeness (QED) is 0.673. The Balaban J connectivity index is 1.82. The molecule has 0 radical (unpaired) electrons. The lowest BCUT2D eigenvalue weighted by Crippen LogP contribution is -2.36. The lowest BCUT2D eigenvalue weighted by molar-refractivity contribution is 0.0927. The zero-order valence-corrected chi connectivity index (χ0v) is 17.8. The van der Waals surface area contributed by atoms with Crippen LogP contribution < -0.4 is 10.0 Å². The zero-order valence-electron chi connectivity index (χ0n) is 15.5. The summed E-state index contributed by atoms with van der Waals surface area (Å²) in [6.07, 6.45) is 5.32. The molecule has 2 aromatic carbocycles. The number of anilines is 1. The molecule has 0 atom stereocenters. The molecule has 0 saturated heterocycles.